The lowest BCUT2D eigenvalue weighted by atomic mass is 9.84. The van der Waals surface area contributed by atoms with Crippen molar-refractivity contribution in [1.29, 1.82) is 0 Å². The van der Waals surface area contributed by atoms with Gasteiger partial charge >= 0.3 is 12.0 Å². The zero-order chi connectivity index (χ0) is 13.4. The Morgan fingerprint density at radius 3 is 2.72 bits per heavy atom. The van der Waals surface area contributed by atoms with Crippen LogP contribution in [0.3, 0.4) is 0 Å². The second-order valence-corrected chi connectivity index (χ2v) is 4.67. The van der Waals surface area contributed by atoms with Crippen LogP contribution in [-0.2, 0) is 4.79 Å². The molecule has 1 rings (SSSR count). The van der Waals surface area contributed by atoms with Crippen molar-refractivity contribution < 1.29 is 14.7 Å². The van der Waals surface area contributed by atoms with Gasteiger partial charge in [0.25, 0.3) is 0 Å². The van der Waals surface area contributed by atoms with Gasteiger partial charge in [-0.2, -0.15) is 0 Å². The van der Waals surface area contributed by atoms with Gasteiger partial charge in [-0.25, -0.2) is 4.79 Å². The minimum atomic E-state index is -0.813. The molecule has 5 heteroatoms. The quantitative estimate of drug-likeness (QED) is 0.500. The average molecular weight is 254 g/mol. The number of carboxylic acids is 1. The van der Waals surface area contributed by atoms with Crippen molar-refractivity contribution in [2.24, 2.45) is 5.92 Å². The van der Waals surface area contributed by atoms with Crippen molar-refractivity contribution in [2.75, 3.05) is 6.54 Å². The van der Waals surface area contributed by atoms with Crippen LogP contribution in [0.2, 0.25) is 0 Å². The van der Waals surface area contributed by atoms with E-state index in [9.17, 15) is 9.59 Å². The SMILES string of the molecule is C=CCCCNC(=O)NC1CCCCC1C(=O)O. The molecule has 2 unspecified atom stereocenters. The molecule has 0 saturated heterocycles. The van der Waals surface area contributed by atoms with Crippen molar-refractivity contribution >= 4 is 12.0 Å². The van der Waals surface area contributed by atoms with Crippen LogP contribution in [0.5, 0.6) is 0 Å². The summed E-state index contributed by atoms with van der Waals surface area (Å²) in [6.45, 7) is 4.19. The Morgan fingerprint density at radius 1 is 1.33 bits per heavy atom. The maximum absolute atomic E-state index is 11.6. The molecule has 0 heterocycles. The summed E-state index contributed by atoms with van der Waals surface area (Å²) < 4.78 is 0. The highest BCUT2D eigenvalue weighted by Gasteiger charge is 2.31. The molecular weight excluding hydrogens is 232 g/mol. The molecule has 2 amide bonds. The fourth-order valence-corrected chi connectivity index (χ4v) is 2.27. The van der Waals surface area contributed by atoms with Crippen LogP contribution < -0.4 is 10.6 Å². The van der Waals surface area contributed by atoms with Gasteiger partial charge in [-0.3, -0.25) is 4.79 Å². The molecule has 0 aromatic carbocycles. The summed E-state index contributed by atoms with van der Waals surface area (Å²) in [4.78, 5) is 22.7. The lowest BCUT2D eigenvalue weighted by molar-refractivity contribution is -0.143. The zero-order valence-electron chi connectivity index (χ0n) is 10.7. The highest BCUT2D eigenvalue weighted by Crippen LogP contribution is 2.24. The molecule has 0 radical (unpaired) electrons. The van der Waals surface area contributed by atoms with Gasteiger partial charge in [-0.15, -0.1) is 6.58 Å². The van der Waals surface area contributed by atoms with Gasteiger partial charge in [-0.05, 0) is 25.7 Å². The number of aliphatic carboxylic acids is 1. The first kappa shape index (κ1) is 14.5. The Morgan fingerprint density at radius 2 is 2.06 bits per heavy atom. The van der Waals surface area contributed by atoms with Gasteiger partial charge in [0.2, 0.25) is 0 Å². The monoisotopic (exact) mass is 254 g/mol. The topological polar surface area (TPSA) is 78.4 Å². The fraction of sp³-hybridized carbons (Fsp3) is 0.692. The minimum Gasteiger partial charge on any atom is -0.481 e. The molecular formula is C13H22N2O3. The number of amides is 2. The summed E-state index contributed by atoms with van der Waals surface area (Å²) >= 11 is 0. The van der Waals surface area contributed by atoms with Crippen LogP contribution in [0.15, 0.2) is 12.7 Å². The van der Waals surface area contributed by atoms with E-state index in [1.807, 2.05) is 0 Å². The third kappa shape index (κ3) is 4.77. The van der Waals surface area contributed by atoms with Gasteiger partial charge in [0.15, 0.2) is 0 Å². The smallest absolute Gasteiger partial charge is 0.315 e. The first-order valence-electron chi connectivity index (χ1n) is 6.53. The highest BCUT2D eigenvalue weighted by molar-refractivity contribution is 5.76. The Kier molecular flexibility index (Phi) is 6.25. The van der Waals surface area contributed by atoms with Gasteiger partial charge in [0.05, 0.1) is 5.92 Å². The molecule has 1 aliphatic carbocycles. The molecule has 3 N–H and O–H groups in total. The predicted octanol–water partition coefficient (Wildman–Crippen LogP) is 1.90. The van der Waals surface area contributed by atoms with Crippen molar-refractivity contribution in [2.45, 2.75) is 44.6 Å². The van der Waals surface area contributed by atoms with Crippen LogP contribution in [-0.4, -0.2) is 29.7 Å². The van der Waals surface area contributed by atoms with Crippen LogP contribution in [0.1, 0.15) is 38.5 Å². The summed E-state index contributed by atoms with van der Waals surface area (Å²) in [5, 5.41) is 14.6. The van der Waals surface area contributed by atoms with E-state index in [1.54, 1.807) is 6.08 Å². The summed E-state index contributed by atoms with van der Waals surface area (Å²) in [6.07, 6.45) is 6.82. The summed E-state index contributed by atoms with van der Waals surface area (Å²) in [7, 11) is 0. The third-order valence-corrected chi connectivity index (χ3v) is 3.27. The van der Waals surface area contributed by atoms with E-state index in [-0.39, 0.29) is 12.1 Å². The molecule has 102 valence electrons. The Labute approximate surface area is 108 Å². The second-order valence-electron chi connectivity index (χ2n) is 4.67. The number of carbonyl (C=O) groups is 2. The standard InChI is InChI=1S/C13H22N2O3/c1-2-3-6-9-14-13(18)15-11-8-5-4-7-10(11)12(16)17/h2,10-11H,1,3-9H2,(H,16,17)(H2,14,15,18). The third-order valence-electron chi connectivity index (χ3n) is 3.27. The second kappa shape index (κ2) is 7.74. The number of urea groups is 1. The molecule has 1 aliphatic rings. The van der Waals surface area contributed by atoms with Gasteiger partial charge in [0, 0.05) is 12.6 Å². The summed E-state index contributed by atoms with van der Waals surface area (Å²) in [6, 6.07) is -0.507. The van der Waals surface area contributed by atoms with E-state index in [4.69, 9.17) is 5.11 Å². The van der Waals surface area contributed by atoms with Gasteiger partial charge < -0.3 is 15.7 Å². The molecule has 18 heavy (non-hydrogen) atoms. The van der Waals surface area contributed by atoms with Gasteiger partial charge in [0.1, 0.15) is 0 Å². The van der Waals surface area contributed by atoms with E-state index in [0.29, 0.717) is 13.0 Å². The van der Waals surface area contributed by atoms with Gasteiger partial charge in [-0.1, -0.05) is 18.9 Å². The van der Waals surface area contributed by atoms with E-state index in [1.165, 1.54) is 0 Å². The molecule has 0 aromatic rings. The van der Waals surface area contributed by atoms with Crippen LogP contribution in [0.25, 0.3) is 0 Å². The summed E-state index contributed by atoms with van der Waals surface area (Å²) in [5.41, 5.74) is 0. The summed E-state index contributed by atoms with van der Waals surface area (Å²) in [5.74, 6) is -1.26. The lowest BCUT2D eigenvalue weighted by Crippen LogP contribution is -2.48. The number of hydrogen-bond acceptors (Lipinski definition) is 2. The Hall–Kier alpha value is -1.52. The fourth-order valence-electron chi connectivity index (χ4n) is 2.27. The highest BCUT2D eigenvalue weighted by atomic mass is 16.4. The molecule has 1 saturated carbocycles. The maximum atomic E-state index is 11.6. The number of hydrogen-bond donors (Lipinski definition) is 3. The number of carboxylic acid groups (broad SMARTS) is 1. The molecule has 2 atom stereocenters. The maximum Gasteiger partial charge on any atom is 0.315 e. The number of unbranched alkanes of at least 4 members (excludes halogenated alkanes) is 1. The van der Waals surface area contributed by atoms with E-state index < -0.39 is 11.9 Å². The number of nitrogens with one attached hydrogen (secondary N) is 2. The van der Waals surface area contributed by atoms with Crippen molar-refractivity contribution in [1.82, 2.24) is 10.6 Å². The number of rotatable bonds is 6. The number of carbonyl (C=O) groups excluding carboxylic acids is 1. The largest absolute Gasteiger partial charge is 0.481 e. The molecule has 0 aromatic heterocycles. The van der Waals surface area contributed by atoms with Crippen LogP contribution >= 0.6 is 0 Å². The first-order chi connectivity index (χ1) is 8.65. The van der Waals surface area contributed by atoms with E-state index >= 15 is 0 Å². The average Bonchev–Trinajstić information content (AvgIpc) is 2.35. The molecule has 0 spiro atoms. The van der Waals surface area contributed by atoms with Crippen molar-refractivity contribution in [3.63, 3.8) is 0 Å². The van der Waals surface area contributed by atoms with E-state index in [0.717, 1.165) is 32.1 Å². The number of allylic oxidation sites excluding steroid dienone is 1. The van der Waals surface area contributed by atoms with Crippen LogP contribution in [0.4, 0.5) is 4.79 Å². The molecule has 5 nitrogen and oxygen atoms in total. The molecule has 1 fully saturated rings. The Balaban J connectivity index is 2.32. The van der Waals surface area contributed by atoms with Crippen molar-refractivity contribution in [3.05, 3.63) is 12.7 Å². The lowest BCUT2D eigenvalue weighted by Gasteiger charge is -2.29. The zero-order valence-corrected chi connectivity index (χ0v) is 10.7. The minimum absolute atomic E-state index is 0.240. The first-order valence-corrected chi connectivity index (χ1v) is 6.53. The predicted molar refractivity (Wildman–Crippen MR) is 69.3 cm³/mol. The normalized spacial score (nSPS) is 23.1. The molecule has 0 bridgehead atoms. The molecule has 0 aliphatic heterocycles. The van der Waals surface area contributed by atoms with Crippen LogP contribution in [0, 0.1) is 5.92 Å². The Bertz CT molecular complexity index is 305. The van der Waals surface area contributed by atoms with Crippen molar-refractivity contribution in [3.8, 4) is 0 Å². The van der Waals surface area contributed by atoms with E-state index in [2.05, 4.69) is 17.2 Å².